The molecule has 10 nitrogen and oxygen atoms in total. The molecule has 33 heavy (non-hydrogen) atoms. The number of amides is 3. The maximum absolute atomic E-state index is 13.0. The number of nitrogens with one attached hydrogen (secondary N) is 2. The van der Waals surface area contributed by atoms with Crippen molar-refractivity contribution in [2.75, 3.05) is 25.1 Å². The molecule has 4 rings (SSSR count). The van der Waals surface area contributed by atoms with Crippen LogP contribution < -0.4 is 10.6 Å². The van der Waals surface area contributed by atoms with Crippen molar-refractivity contribution in [3.05, 3.63) is 54.6 Å². The number of aromatic nitrogens is 2. The zero-order valence-electron chi connectivity index (χ0n) is 18.3. The fourth-order valence-corrected chi connectivity index (χ4v) is 4.18. The lowest BCUT2D eigenvalue weighted by atomic mass is 9.95. The number of nitrogens with zero attached hydrogens (tertiary/aromatic N) is 3. The molecule has 4 atom stereocenters. The van der Waals surface area contributed by atoms with Crippen LogP contribution in [0.5, 0.6) is 0 Å². The molecule has 2 saturated heterocycles. The summed E-state index contributed by atoms with van der Waals surface area (Å²) in [6, 6.07) is 10.4. The predicted molar refractivity (Wildman–Crippen MR) is 119 cm³/mol. The van der Waals surface area contributed by atoms with Crippen LogP contribution in [0.2, 0.25) is 0 Å². The standard InChI is InChI=1S/C23H29N5O5/c29-18-12-28(23(31)27-16-4-2-1-3-5-16)20-7-6-19(33-21(20)14-32-13-18)10-22(30)25-11-17-8-9-24-15-26-17/h1-5,8-9,15,18-21,29H,6-7,10-14H2,(H,25,30)(H,27,31)/t18-,19-,20+,21-/m0/s1. The highest BCUT2D eigenvalue weighted by Crippen LogP contribution is 2.28. The van der Waals surface area contributed by atoms with Crippen LogP contribution in [0.25, 0.3) is 0 Å². The molecule has 3 heterocycles. The Bertz CT molecular complexity index is 916. The molecule has 1 aromatic carbocycles. The van der Waals surface area contributed by atoms with Crippen molar-refractivity contribution in [3.63, 3.8) is 0 Å². The summed E-state index contributed by atoms with van der Waals surface area (Å²) < 4.78 is 11.8. The van der Waals surface area contributed by atoms with Crippen molar-refractivity contribution in [3.8, 4) is 0 Å². The Morgan fingerprint density at radius 3 is 2.79 bits per heavy atom. The minimum absolute atomic E-state index is 0.117. The van der Waals surface area contributed by atoms with Crippen LogP contribution >= 0.6 is 0 Å². The van der Waals surface area contributed by atoms with E-state index in [0.29, 0.717) is 25.1 Å². The highest BCUT2D eigenvalue weighted by molar-refractivity contribution is 5.89. The highest BCUT2D eigenvalue weighted by atomic mass is 16.5. The quantitative estimate of drug-likeness (QED) is 0.621. The third-order valence-corrected chi connectivity index (χ3v) is 5.79. The van der Waals surface area contributed by atoms with Gasteiger partial charge in [0, 0.05) is 11.9 Å². The van der Waals surface area contributed by atoms with Crippen LogP contribution in [-0.4, -0.2) is 76.0 Å². The molecule has 0 aliphatic carbocycles. The summed E-state index contributed by atoms with van der Waals surface area (Å²) in [4.78, 5) is 35.0. The highest BCUT2D eigenvalue weighted by Gasteiger charge is 2.40. The van der Waals surface area contributed by atoms with Gasteiger partial charge in [-0.1, -0.05) is 18.2 Å². The molecule has 3 N–H and O–H groups in total. The molecular formula is C23H29N5O5. The first-order valence-electron chi connectivity index (χ1n) is 11.1. The molecule has 0 radical (unpaired) electrons. The number of hydrogen-bond acceptors (Lipinski definition) is 7. The maximum atomic E-state index is 13.0. The first-order chi connectivity index (χ1) is 16.1. The van der Waals surface area contributed by atoms with E-state index in [0.717, 1.165) is 5.69 Å². The number of aliphatic hydroxyl groups is 1. The second kappa shape index (κ2) is 11.2. The molecule has 2 aliphatic rings. The van der Waals surface area contributed by atoms with E-state index in [2.05, 4.69) is 20.6 Å². The normalized spacial score (nSPS) is 25.3. The first-order valence-corrected chi connectivity index (χ1v) is 11.1. The summed E-state index contributed by atoms with van der Waals surface area (Å²) in [6.07, 6.45) is 3.11. The van der Waals surface area contributed by atoms with Crippen molar-refractivity contribution < 1.29 is 24.2 Å². The molecule has 0 bridgehead atoms. The number of hydrogen-bond donors (Lipinski definition) is 3. The van der Waals surface area contributed by atoms with Crippen LogP contribution in [0.4, 0.5) is 10.5 Å². The van der Waals surface area contributed by atoms with Gasteiger partial charge in [-0.15, -0.1) is 0 Å². The fourth-order valence-electron chi connectivity index (χ4n) is 4.18. The summed E-state index contributed by atoms with van der Waals surface area (Å²) >= 11 is 0. The number of para-hydroxylation sites is 1. The van der Waals surface area contributed by atoms with E-state index >= 15 is 0 Å². The third kappa shape index (κ3) is 6.47. The summed E-state index contributed by atoms with van der Waals surface area (Å²) in [5, 5.41) is 16.0. The SMILES string of the molecule is O=C(C[C@@H]1CC[C@@H]2[C@H](COC[C@@H](O)CN2C(=O)Nc2ccccc2)O1)NCc1ccncn1. The Hall–Kier alpha value is -3.08. The van der Waals surface area contributed by atoms with Crippen LogP contribution in [0.15, 0.2) is 48.9 Å². The number of fused-ring (bicyclic) bond motifs is 1. The molecular weight excluding hydrogens is 426 g/mol. The Kier molecular flexibility index (Phi) is 7.82. The van der Waals surface area contributed by atoms with Crippen molar-refractivity contribution in [1.29, 1.82) is 0 Å². The molecule has 2 aliphatic heterocycles. The topological polar surface area (TPSA) is 126 Å². The van der Waals surface area contributed by atoms with Gasteiger partial charge in [-0.3, -0.25) is 4.79 Å². The minimum atomic E-state index is -0.780. The molecule has 0 spiro atoms. The molecule has 10 heteroatoms. The average molecular weight is 456 g/mol. The minimum Gasteiger partial charge on any atom is -0.389 e. The smallest absolute Gasteiger partial charge is 0.322 e. The van der Waals surface area contributed by atoms with E-state index in [1.54, 1.807) is 17.2 Å². The average Bonchev–Trinajstić information content (AvgIpc) is 2.82. The van der Waals surface area contributed by atoms with Crippen LogP contribution in [0.1, 0.15) is 25.0 Å². The van der Waals surface area contributed by atoms with Gasteiger partial charge in [0.2, 0.25) is 5.91 Å². The summed E-state index contributed by atoms with van der Waals surface area (Å²) in [5.41, 5.74) is 1.41. The van der Waals surface area contributed by atoms with Gasteiger partial charge in [-0.25, -0.2) is 14.8 Å². The van der Waals surface area contributed by atoms with Crippen molar-refractivity contribution in [2.45, 2.75) is 50.2 Å². The van der Waals surface area contributed by atoms with E-state index in [1.165, 1.54) is 6.33 Å². The van der Waals surface area contributed by atoms with Gasteiger partial charge in [0.05, 0.1) is 56.7 Å². The van der Waals surface area contributed by atoms with Crippen LogP contribution in [0.3, 0.4) is 0 Å². The Morgan fingerprint density at radius 2 is 2.00 bits per heavy atom. The molecule has 2 fully saturated rings. The first kappa shape index (κ1) is 23.1. The number of carbonyl (C=O) groups is 2. The number of benzene rings is 1. The Balaban J connectivity index is 1.35. The second-order valence-electron chi connectivity index (χ2n) is 8.26. The van der Waals surface area contributed by atoms with Crippen molar-refractivity contribution in [1.82, 2.24) is 20.2 Å². The van der Waals surface area contributed by atoms with Crippen molar-refractivity contribution >= 4 is 17.6 Å². The third-order valence-electron chi connectivity index (χ3n) is 5.79. The monoisotopic (exact) mass is 455 g/mol. The summed E-state index contributed by atoms with van der Waals surface area (Å²) in [5.74, 6) is -0.127. The molecule has 2 aromatic rings. The zero-order valence-corrected chi connectivity index (χ0v) is 18.3. The molecule has 0 saturated carbocycles. The van der Waals surface area contributed by atoms with Gasteiger partial charge in [-0.2, -0.15) is 0 Å². The van der Waals surface area contributed by atoms with Gasteiger partial charge >= 0.3 is 6.03 Å². The lowest BCUT2D eigenvalue weighted by molar-refractivity contribution is -0.149. The number of rotatable bonds is 5. The Labute approximate surface area is 192 Å². The number of β-amino-alcohol motifs (C(OH)–C–C–N with tert-alkyl or cyclic N) is 1. The lowest BCUT2D eigenvalue weighted by Gasteiger charge is -2.44. The van der Waals surface area contributed by atoms with Gasteiger partial charge in [-0.05, 0) is 31.0 Å². The molecule has 1 aromatic heterocycles. The number of aliphatic hydroxyl groups excluding tert-OH is 1. The van der Waals surface area contributed by atoms with Gasteiger partial charge in [0.15, 0.2) is 0 Å². The van der Waals surface area contributed by atoms with E-state index in [-0.39, 0.29) is 56.4 Å². The molecule has 0 unspecified atom stereocenters. The van der Waals surface area contributed by atoms with Gasteiger partial charge in [0.25, 0.3) is 0 Å². The van der Waals surface area contributed by atoms with Crippen molar-refractivity contribution in [2.24, 2.45) is 0 Å². The number of carbonyl (C=O) groups excluding carboxylic acids is 2. The summed E-state index contributed by atoms with van der Waals surface area (Å²) in [6.45, 7) is 0.837. The van der Waals surface area contributed by atoms with E-state index in [9.17, 15) is 14.7 Å². The summed E-state index contributed by atoms with van der Waals surface area (Å²) in [7, 11) is 0. The zero-order chi connectivity index (χ0) is 23.0. The van der Waals surface area contributed by atoms with Crippen LogP contribution in [0, 0.1) is 0 Å². The number of urea groups is 1. The number of anilines is 1. The second-order valence-corrected chi connectivity index (χ2v) is 8.26. The molecule has 3 amide bonds. The lowest BCUT2D eigenvalue weighted by Crippen LogP contribution is -2.58. The Morgan fingerprint density at radius 1 is 1.15 bits per heavy atom. The largest absolute Gasteiger partial charge is 0.389 e. The van der Waals surface area contributed by atoms with E-state index < -0.39 is 6.10 Å². The van der Waals surface area contributed by atoms with Gasteiger partial charge in [0.1, 0.15) is 12.4 Å². The number of ether oxygens (including phenoxy) is 2. The predicted octanol–water partition coefficient (Wildman–Crippen LogP) is 1.32. The maximum Gasteiger partial charge on any atom is 0.322 e. The van der Waals surface area contributed by atoms with E-state index in [4.69, 9.17) is 9.47 Å². The van der Waals surface area contributed by atoms with Gasteiger partial charge < -0.3 is 30.1 Å². The van der Waals surface area contributed by atoms with E-state index in [1.807, 2.05) is 30.3 Å². The van der Waals surface area contributed by atoms with Crippen LogP contribution in [-0.2, 0) is 20.8 Å². The molecule has 176 valence electrons. The fraction of sp³-hybridized carbons (Fsp3) is 0.478.